The van der Waals surface area contributed by atoms with Gasteiger partial charge in [-0.05, 0) is 30.2 Å². The fourth-order valence-electron chi connectivity index (χ4n) is 2.54. The van der Waals surface area contributed by atoms with Crippen LogP contribution in [0.15, 0.2) is 36.7 Å². The number of hydrogen-bond donors (Lipinski definition) is 0. The highest BCUT2D eigenvalue weighted by Gasteiger charge is 2.21. The van der Waals surface area contributed by atoms with Gasteiger partial charge in [-0.15, -0.1) is 0 Å². The molecule has 3 heteroatoms. The van der Waals surface area contributed by atoms with E-state index < -0.39 is 0 Å². The van der Waals surface area contributed by atoms with Gasteiger partial charge in [0, 0.05) is 13.0 Å². The number of benzene rings is 1. The molecule has 0 N–H and O–H groups in total. The van der Waals surface area contributed by atoms with Crippen LogP contribution in [0.2, 0.25) is 0 Å². The Kier molecular flexibility index (Phi) is 5.33. The average Bonchev–Trinajstić information content (AvgIpc) is 2.96. The Labute approximate surface area is 122 Å². The minimum Gasteiger partial charge on any atom is -0.250 e. The van der Waals surface area contributed by atoms with E-state index in [1.807, 2.05) is 10.7 Å². The first kappa shape index (κ1) is 14.8. The molecule has 1 atom stereocenters. The van der Waals surface area contributed by atoms with Crippen LogP contribution in [0.4, 0.5) is 0 Å². The van der Waals surface area contributed by atoms with Crippen LogP contribution in [0.5, 0.6) is 0 Å². The summed E-state index contributed by atoms with van der Waals surface area (Å²) in [6, 6.07) is 10.5. The molecule has 1 aliphatic rings. The van der Waals surface area contributed by atoms with Crippen LogP contribution in [0.3, 0.4) is 0 Å². The summed E-state index contributed by atoms with van der Waals surface area (Å²) in [6.45, 7) is 7.79. The molecular weight excluding hydrogens is 246 g/mol. The van der Waals surface area contributed by atoms with Crippen molar-refractivity contribution in [1.82, 2.24) is 14.8 Å². The molecule has 108 valence electrons. The summed E-state index contributed by atoms with van der Waals surface area (Å²) in [6.07, 6.45) is 5.17. The second-order valence-corrected chi connectivity index (χ2v) is 5.74. The Morgan fingerprint density at radius 3 is 2.60 bits per heavy atom. The Balaban J connectivity index is 0.000000160. The minimum absolute atomic E-state index is 0.774. The van der Waals surface area contributed by atoms with Crippen molar-refractivity contribution >= 4 is 0 Å². The summed E-state index contributed by atoms with van der Waals surface area (Å²) in [5, 5.41) is 4.16. The fourth-order valence-corrected chi connectivity index (χ4v) is 2.54. The molecule has 0 fully saturated rings. The molecule has 0 radical (unpaired) electrons. The van der Waals surface area contributed by atoms with Crippen LogP contribution >= 0.6 is 0 Å². The van der Waals surface area contributed by atoms with Crippen molar-refractivity contribution in [3.63, 3.8) is 0 Å². The molecule has 1 aromatic heterocycles. The molecule has 2 heterocycles. The van der Waals surface area contributed by atoms with Crippen molar-refractivity contribution in [3.05, 3.63) is 48.0 Å². The van der Waals surface area contributed by atoms with E-state index in [4.69, 9.17) is 0 Å². The Hall–Kier alpha value is -1.64. The van der Waals surface area contributed by atoms with E-state index in [-0.39, 0.29) is 0 Å². The smallest absolute Gasteiger partial charge is 0.138 e. The van der Waals surface area contributed by atoms with Gasteiger partial charge in [-0.2, -0.15) is 5.10 Å². The lowest BCUT2D eigenvalue weighted by Gasteiger charge is -2.24. The number of fused-ring (bicyclic) bond motifs is 1. The number of hydrogen-bond acceptors (Lipinski definition) is 2. The van der Waals surface area contributed by atoms with Gasteiger partial charge in [0.25, 0.3) is 0 Å². The molecule has 0 amide bonds. The van der Waals surface area contributed by atoms with Gasteiger partial charge in [0.1, 0.15) is 12.2 Å². The maximum atomic E-state index is 4.24. The van der Waals surface area contributed by atoms with Crippen LogP contribution in [0.25, 0.3) is 0 Å². The number of rotatable bonds is 2. The number of nitrogens with zero attached hydrogens (tertiary/aromatic N) is 3. The summed E-state index contributed by atoms with van der Waals surface area (Å²) >= 11 is 0. The first-order valence-corrected chi connectivity index (χ1v) is 7.61. The maximum Gasteiger partial charge on any atom is 0.138 e. The molecule has 0 spiro atoms. The summed E-state index contributed by atoms with van der Waals surface area (Å²) in [4.78, 5) is 4.24. The van der Waals surface area contributed by atoms with Crippen molar-refractivity contribution in [2.45, 2.75) is 46.6 Å². The highest BCUT2D eigenvalue weighted by molar-refractivity contribution is 5.13. The molecule has 1 unspecified atom stereocenters. The lowest BCUT2D eigenvalue weighted by molar-refractivity contribution is 0.288. The predicted octanol–water partition coefficient (Wildman–Crippen LogP) is 3.75. The van der Waals surface area contributed by atoms with Crippen LogP contribution in [-0.2, 0) is 19.4 Å². The Bertz CT molecular complexity index is 502. The third kappa shape index (κ3) is 3.92. The molecule has 0 aliphatic carbocycles. The number of aromatic nitrogens is 3. The third-order valence-corrected chi connectivity index (χ3v) is 4.05. The second-order valence-electron chi connectivity index (χ2n) is 5.74. The molecular formula is C17H25N3. The van der Waals surface area contributed by atoms with Gasteiger partial charge in [-0.3, -0.25) is 4.68 Å². The molecule has 1 aliphatic heterocycles. The second kappa shape index (κ2) is 7.22. The van der Waals surface area contributed by atoms with E-state index >= 15 is 0 Å². The monoisotopic (exact) mass is 271 g/mol. The quantitative estimate of drug-likeness (QED) is 0.833. The highest BCUT2D eigenvalue weighted by atomic mass is 15.3. The van der Waals surface area contributed by atoms with Crippen LogP contribution in [0.1, 0.15) is 38.6 Å². The first-order valence-electron chi connectivity index (χ1n) is 7.61. The van der Waals surface area contributed by atoms with Crippen molar-refractivity contribution in [2.24, 2.45) is 11.8 Å². The Morgan fingerprint density at radius 2 is 2.00 bits per heavy atom. The largest absolute Gasteiger partial charge is 0.250 e. The van der Waals surface area contributed by atoms with Gasteiger partial charge < -0.3 is 0 Å². The molecule has 0 bridgehead atoms. The third-order valence-electron chi connectivity index (χ3n) is 4.05. The van der Waals surface area contributed by atoms with E-state index in [1.165, 1.54) is 17.8 Å². The van der Waals surface area contributed by atoms with Gasteiger partial charge >= 0.3 is 0 Å². The van der Waals surface area contributed by atoms with Crippen LogP contribution in [0, 0.1) is 11.8 Å². The zero-order valence-corrected chi connectivity index (χ0v) is 12.8. The van der Waals surface area contributed by atoms with E-state index in [0.717, 1.165) is 31.2 Å². The topological polar surface area (TPSA) is 30.7 Å². The molecule has 0 saturated heterocycles. The standard InChI is InChI=1S/C9H15N3.C8H10/c1-7(2)8-3-4-12-9(5-8)10-6-11-12;1-2-8-6-4-3-5-7-8/h6-8H,3-5H2,1-2H3;3-7H,2H2,1H3. The molecule has 0 saturated carbocycles. The van der Waals surface area contributed by atoms with Crippen molar-refractivity contribution < 1.29 is 0 Å². The molecule has 1 aromatic carbocycles. The van der Waals surface area contributed by atoms with Crippen LogP contribution < -0.4 is 0 Å². The lowest BCUT2D eigenvalue weighted by Crippen LogP contribution is -2.23. The summed E-state index contributed by atoms with van der Waals surface area (Å²) in [5.41, 5.74) is 1.41. The zero-order chi connectivity index (χ0) is 14.4. The van der Waals surface area contributed by atoms with E-state index in [9.17, 15) is 0 Å². The molecule has 20 heavy (non-hydrogen) atoms. The summed E-state index contributed by atoms with van der Waals surface area (Å²) < 4.78 is 2.03. The first-order chi connectivity index (χ1) is 9.70. The van der Waals surface area contributed by atoms with Crippen molar-refractivity contribution in [2.75, 3.05) is 0 Å². The molecule has 2 aromatic rings. The van der Waals surface area contributed by atoms with Gasteiger partial charge in [-0.25, -0.2) is 4.98 Å². The summed E-state index contributed by atoms with van der Waals surface area (Å²) in [7, 11) is 0. The predicted molar refractivity (Wildman–Crippen MR) is 82.5 cm³/mol. The number of aryl methyl sites for hydroxylation is 2. The molecule has 3 nitrogen and oxygen atoms in total. The van der Waals surface area contributed by atoms with Crippen molar-refractivity contribution in [3.8, 4) is 0 Å². The van der Waals surface area contributed by atoms with Gasteiger partial charge in [0.2, 0.25) is 0 Å². The van der Waals surface area contributed by atoms with Gasteiger partial charge in [0.05, 0.1) is 0 Å². The fraction of sp³-hybridized carbons (Fsp3) is 0.529. The maximum absolute atomic E-state index is 4.24. The normalized spacial score (nSPS) is 17.3. The van der Waals surface area contributed by atoms with Gasteiger partial charge in [0.15, 0.2) is 0 Å². The van der Waals surface area contributed by atoms with E-state index in [0.29, 0.717) is 0 Å². The Morgan fingerprint density at radius 1 is 1.25 bits per heavy atom. The van der Waals surface area contributed by atoms with E-state index in [1.54, 1.807) is 6.33 Å². The van der Waals surface area contributed by atoms with Crippen LogP contribution in [-0.4, -0.2) is 14.8 Å². The summed E-state index contributed by atoms with van der Waals surface area (Å²) in [5.74, 6) is 2.75. The highest BCUT2D eigenvalue weighted by Crippen LogP contribution is 2.24. The zero-order valence-electron chi connectivity index (χ0n) is 12.8. The van der Waals surface area contributed by atoms with E-state index in [2.05, 4.69) is 55.1 Å². The lowest BCUT2D eigenvalue weighted by atomic mass is 9.87. The minimum atomic E-state index is 0.774. The van der Waals surface area contributed by atoms with Crippen molar-refractivity contribution in [1.29, 1.82) is 0 Å². The SMILES string of the molecule is CC(C)C1CCn2ncnc2C1.CCc1ccccc1. The van der Waals surface area contributed by atoms with Gasteiger partial charge in [-0.1, -0.05) is 51.1 Å². The average molecular weight is 271 g/mol. The molecule has 3 rings (SSSR count).